The Bertz CT molecular complexity index is 351. The quantitative estimate of drug-likeness (QED) is 0.599. The van der Waals surface area contributed by atoms with E-state index in [0.29, 0.717) is 6.42 Å². The highest BCUT2D eigenvalue weighted by atomic mass is 79.9. The first kappa shape index (κ1) is 9.71. The first-order valence-electron chi connectivity index (χ1n) is 4.76. The summed E-state index contributed by atoms with van der Waals surface area (Å²) in [4.78, 5) is 13.0. The molecule has 0 bridgehead atoms. The molecule has 1 aromatic rings. The van der Waals surface area contributed by atoms with E-state index < -0.39 is 0 Å². The van der Waals surface area contributed by atoms with Crippen LogP contribution < -0.4 is 4.90 Å². The van der Waals surface area contributed by atoms with Crippen LogP contribution in [0.15, 0.2) is 24.3 Å². The van der Waals surface area contributed by atoms with Crippen molar-refractivity contribution in [2.75, 3.05) is 16.8 Å². The Morgan fingerprint density at radius 3 is 2.86 bits per heavy atom. The molecule has 0 spiro atoms. The summed E-state index contributed by atoms with van der Waals surface area (Å²) in [5.41, 5.74) is 2.32. The average Bonchev–Trinajstić information content (AvgIpc) is 2.17. The average molecular weight is 254 g/mol. The smallest absolute Gasteiger partial charge is 0.228 e. The zero-order valence-electron chi connectivity index (χ0n) is 7.87. The number of benzene rings is 1. The number of anilines is 1. The molecule has 2 rings (SSSR count). The van der Waals surface area contributed by atoms with E-state index in [1.807, 2.05) is 17.0 Å². The van der Waals surface area contributed by atoms with Gasteiger partial charge in [-0.15, -0.1) is 0 Å². The number of nitrogens with zero attached hydrogens (tertiary/aromatic N) is 1. The molecule has 14 heavy (non-hydrogen) atoms. The number of amides is 1. The maximum atomic E-state index is 11.2. The number of rotatable bonds is 3. The fraction of sp³-hybridized carbons (Fsp3) is 0.364. The molecule has 1 aliphatic heterocycles. The largest absolute Gasteiger partial charge is 0.312 e. The lowest BCUT2D eigenvalue weighted by atomic mass is 10.1. The summed E-state index contributed by atoms with van der Waals surface area (Å²) in [6, 6.07) is 8.20. The second-order valence-electron chi connectivity index (χ2n) is 3.40. The molecule has 0 atom stereocenters. The van der Waals surface area contributed by atoms with Crippen molar-refractivity contribution in [2.45, 2.75) is 12.8 Å². The van der Waals surface area contributed by atoms with Gasteiger partial charge >= 0.3 is 0 Å². The van der Waals surface area contributed by atoms with Crippen LogP contribution in [0.5, 0.6) is 0 Å². The molecule has 1 amide bonds. The summed E-state index contributed by atoms with van der Waals surface area (Å²) in [6.45, 7) is 0.872. The molecule has 1 heterocycles. The van der Waals surface area contributed by atoms with Crippen LogP contribution in [0.3, 0.4) is 0 Å². The molecule has 0 radical (unpaired) electrons. The van der Waals surface area contributed by atoms with E-state index in [1.54, 1.807) is 0 Å². The molecule has 74 valence electrons. The Hall–Kier alpha value is -0.830. The van der Waals surface area contributed by atoms with Crippen LogP contribution in [-0.2, 0) is 11.2 Å². The Morgan fingerprint density at radius 2 is 2.29 bits per heavy atom. The predicted octanol–water partition coefficient (Wildman–Crippen LogP) is 2.36. The van der Waals surface area contributed by atoms with Crippen molar-refractivity contribution in [1.82, 2.24) is 0 Å². The molecule has 0 aliphatic carbocycles. The van der Waals surface area contributed by atoms with E-state index in [0.717, 1.165) is 24.0 Å². The van der Waals surface area contributed by atoms with Gasteiger partial charge in [-0.3, -0.25) is 4.79 Å². The van der Waals surface area contributed by atoms with E-state index in [9.17, 15) is 4.79 Å². The molecule has 2 nitrogen and oxygen atoms in total. The fourth-order valence-electron chi connectivity index (χ4n) is 1.58. The first-order chi connectivity index (χ1) is 6.81. The SMILES string of the molecule is O=C1CCN1c1cccc(CCBr)c1. The van der Waals surface area contributed by atoms with Gasteiger partial charge in [0.25, 0.3) is 0 Å². The third kappa shape index (κ3) is 1.82. The van der Waals surface area contributed by atoms with Gasteiger partial charge in [-0.05, 0) is 24.1 Å². The number of halogens is 1. The molecule has 1 fully saturated rings. The van der Waals surface area contributed by atoms with Crippen molar-refractivity contribution >= 4 is 27.5 Å². The summed E-state index contributed by atoms with van der Waals surface area (Å²) < 4.78 is 0. The number of carbonyl (C=O) groups is 1. The lowest BCUT2D eigenvalue weighted by molar-refractivity contribution is -0.122. The summed E-state index contributed by atoms with van der Waals surface area (Å²) in [5, 5.41) is 0.963. The zero-order chi connectivity index (χ0) is 9.97. The van der Waals surface area contributed by atoms with Gasteiger partial charge in [-0.25, -0.2) is 0 Å². The zero-order valence-corrected chi connectivity index (χ0v) is 9.46. The molecule has 0 unspecified atom stereocenters. The van der Waals surface area contributed by atoms with Crippen LogP contribution in [0.4, 0.5) is 5.69 Å². The van der Waals surface area contributed by atoms with Crippen molar-refractivity contribution in [3.8, 4) is 0 Å². The molecular formula is C11H12BrNO. The standard InChI is InChI=1S/C11H12BrNO/c12-6-4-9-2-1-3-10(8-9)13-7-5-11(13)14/h1-3,8H,4-7H2. The monoisotopic (exact) mass is 253 g/mol. The number of carbonyl (C=O) groups excluding carboxylic acids is 1. The maximum Gasteiger partial charge on any atom is 0.228 e. The van der Waals surface area contributed by atoms with Gasteiger partial charge in [0.1, 0.15) is 0 Å². The molecule has 0 saturated carbocycles. The topological polar surface area (TPSA) is 20.3 Å². The van der Waals surface area contributed by atoms with E-state index in [-0.39, 0.29) is 5.91 Å². The molecule has 3 heteroatoms. The van der Waals surface area contributed by atoms with E-state index in [2.05, 4.69) is 28.1 Å². The third-order valence-electron chi connectivity index (χ3n) is 2.46. The van der Waals surface area contributed by atoms with Crippen molar-refractivity contribution in [2.24, 2.45) is 0 Å². The summed E-state index contributed by atoms with van der Waals surface area (Å²) in [5.74, 6) is 0.237. The molecule has 1 aromatic carbocycles. The fourth-order valence-corrected chi connectivity index (χ4v) is 2.03. The summed E-state index contributed by atoms with van der Waals surface area (Å²) in [6.07, 6.45) is 1.71. The van der Waals surface area contributed by atoms with Gasteiger partial charge < -0.3 is 4.90 Å². The minimum absolute atomic E-state index is 0.237. The van der Waals surface area contributed by atoms with Crippen molar-refractivity contribution in [1.29, 1.82) is 0 Å². The Morgan fingerprint density at radius 1 is 1.43 bits per heavy atom. The van der Waals surface area contributed by atoms with E-state index in [1.165, 1.54) is 5.56 Å². The third-order valence-corrected chi connectivity index (χ3v) is 2.85. The molecule has 0 aromatic heterocycles. The normalized spacial score (nSPS) is 15.5. The van der Waals surface area contributed by atoms with Gasteiger partial charge in [0.2, 0.25) is 5.91 Å². The minimum Gasteiger partial charge on any atom is -0.312 e. The molecular weight excluding hydrogens is 242 g/mol. The Kier molecular flexibility index (Phi) is 2.87. The summed E-state index contributed by atoms with van der Waals surface area (Å²) >= 11 is 3.41. The van der Waals surface area contributed by atoms with Crippen LogP contribution in [0, 0.1) is 0 Å². The van der Waals surface area contributed by atoms with Crippen LogP contribution in [0.2, 0.25) is 0 Å². The highest BCUT2D eigenvalue weighted by Gasteiger charge is 2.24. The Balaban J connectivity index is 2.17. The number of aryl methyl sites for hydroxylation is 1. The van der Waals surface area contributed by atoms with Crippen molar-refractivity contribution in [3.05, 3.63) is 29.8 Å². The molecule has 1 aliphatic rings. The van der Waals surface area contributed by atoms with Crippen LogP contribution in [0.25, 0.3) is 0 Å². The van der Waals surface area contributed by atoms with Crippen LogP contribution in [0.1, 0.15) is 12.0 Å². The number of hydrogen-bond acceptors (Lipinski definition) is 1. The summed E-state index contributed by atoms with van der Waals surface area (Å²) in [7, 11) is 0. The van der Waals surface area contributed by atoms with Gasteiger partial charge in [0.05, 0.1) is 0 Å². The maximum absolute atomic E-state index is 11.2. The van der Waals surface area contributed by atoms with Gasteiger partial charge in [0, 0.05) is 24.0 Å². The van der Waals surface area contributed by atoms with Crippen molar-refractivity contribution < 1.29 is 4.79 Å². The van der Waals surface area contributed by atoms with Gasteiger partial charge in [-0.2, -0.15) is 0 Å². The second-order valence-corrected chi connectivity index (χ2v) is 4.20. The predicted molar refractivity (Wildman–Crippen MR) is 60.9 cm³/mol. The number of alkyl halides is 1. The first-order valence-corrected chi connectivity index (χ1v) is 5.88. The van der Waals surface area contributed by atoms with Gasteiger partial charge in [0.15, 0.2) is 0 Å². The van der Waals surface area contributed by atoms with E-state index in [4.69, 9.17) is 0 Å². The second kappa shape index (κ2) is 4.13. The highest BCUT2D eigenvalue weighted by Crippen LogP contribution is 2.22. The minimum atomic E-state index is 0.237. The van der Waals surface area contributed by atoms with Crippen LogP contribution in [-0.4, -0.2) is 17.8 Å². The lowest BCUT2D eigenvalue weighted by Gasteiger charge is -2.30. The molecule has 1 saturated heterocycles. The highest BCUT2D eigenvalue weighted by molar-refractivity contribution is 9.09. The van der Waals surface area contributed by atoms with Crippen LogP contribution >= 0.6 is 15.9 Å². The lowest BCUT2D eigenvalue weighted by Crippen LogP contribution is -2.43. The van der Waals surface area contributed by atoms with E-state index >= 15 is 0 Å². The molecule has 0 N–H and O–H groups in total. The number of β-lactam (4-membered cyclic amide) rings is 1. The Labute approximate surface area is 92.0 Å². The van der Waals surface area contributed by atoms with Crippen molar-refractivity contribution in [3.63, 3.8) is 0 Å². The number of hydrogen-bond donors (Lipinski definition) is 0. The van der Waals surface area contributed by atoms with Gasteiger partial charge in [-0.1, -0.05) is 28.1 Å².